The zero-order valence-corrected chi connectivity index (χ0v) is 19.2. The molecule has 4 rings (SSSR count). The molecule has 0 saturated carbocycles. The Hall–Kier alpha value is -3.52. The van der Waals surface area contributed by atoms with Gasteiger partial charge in [0.05, 0.1) is 0 Å². The smallest absolute Gasteiger partial charge is 0.251 e. The molecule has 4 aromatic rings. The monoisotopic (exact) mass is 461 g/mol. The maximum atomic E-state index is 13.5. The number of thioether (sulfide) groups is 1. The summed E-state index contributed by atoms with van der Waals surface area (Å²) in [5, 5.41) is 12.4. The van der Waals surface area contributed by atoms with E-state index in [4.69, 9.17) is 0 Å². The lowest BCUT2D eigenvalue weighted by Crippen LogP contribution is -2.31. The van der Waals surface area contributed by atoms with E-state index in [1.807, 2.05) is 54.8 Å². The maximum absolute atomic E-state index is 13.5. The molecule has 0 saturated heterocycles. The fourth-order valence-electron chi connectivity index (χ4n) is 3.18. The van der Waals surface area contributed by atoms with E-state index >= 15 is 0 Å². The maximum Gasteiger partial charge on any atom is 0.251 e. The molecule has 2 aromatic heterocycles. The average Bonchev–Trinajstić information content (AvgIpc) is 3.28. The van der Waals surface area contributed by atoms with Gasteiger partial charge in [-0.2, -0.15) is 0 Å². The van der Waals surface area contributed by atoms with E-state index in [1.54, 1.807) is 24.5 Å². The Kier molecular flexibility index (Phi) is 7.14. The summed E-state index contributed by atoms with van der Waals surface area (Å²) in [5.74, 6) is 0.928. The molecule has 1 atom stereocenters. The van der Waals surface area contributed by atoms with Gasteiger partial charge in [-0.3, -0.25) is 14.3 Å². The van der Waals surface area contributed by atoms with Gasteiger partial charge in [-0.25, -0.2) is 4.39 Å². The second-order valence-corrected chi connectivity index (χ2v) is 8.56. The quantitative estimate of drug-likeness (QED) is 0.361. The van der Waals surface area contributed by atoms with E-state index in [1.165, 1.54) is 23.9 Å². The Morgan fingerprint density at radius 1 is 1.03 bits per heavy atom. The van der Waals surface area contributed by atoms with Gasteiger partial charge >= 0.3 is 0 Å². The van der Waals surface area contributed by atoms with Gasteiger partial charge in [-0.15, -0.1) is 10.2 Å². The number of pyridine rings is 1. The summed E-state index contributed by atoms with van der Waals surface area (Å²) in [6.07, 6.45) is 4.28. The van der Waals surface area contributed by atoms with Crippen LogP contribution in [-0.4, -0.2) is 31.7 Å². The first-order valence-corrected chi connectivity index (χ1v) is 11.7. The number of hydrogen-bond donors (Lipinski definition) is 1. The van der Waals surface area contributed by atoms with Crippen molar-refractivity contribution in [1.82, 2.24) is 25.1 Å². The molecule has 1 N–H and O–H groups in total. The molecule has 33 heavy (non-hydrogen) atoms. The lowest BCUT2D eigenvalue weighted by atomic mass is 10.1. The molecular formula is C25H24FN5OS. The molecule has 1 unspecified atom stereocenters. The van der Waals surface area contributed by atoms with Crippen LogP contribution in [0.4, 0.5) is 4.39 Å². The first-order chi connectivity index (χ1) is 16.0. The summed E-state index contributed by atoms with van der Waals surface area (Å²) in [6, 6.07) is 17.7. The highest BCUT2D eigenvalue weighted by Crippen LogP contribution is 2.29. The first-order valence-electron chi connectivity index (χ1n) is 10.7. The van der Waals surface area contributed by atoms with Gasteiger partial charge in [-0.1, -0.05) is 30.8 Å². The van der Waals surface area contributed by atoms with Crippen LogP contribution in [0.15, 0.2) is 78.2 Å². The summed E-state index contributed by atoms with van der Waals surface area (Å²) in [7, 11) is 0. The van der Waals surface area contributed by atoms with Crippen LogP contribution >= 0.6 is 11.8 Å². The number of nitrogens with zero attached hydrogens (tertiary/aromatic N) is 4. The number of carbonyl (C=O) groups is 1. The number of aromatic nitrogens is 4. The third-order valence-electron chi connectivity index (χ3n) is 5.23. The van der Waals surface area contributed by atoms with Gasteiger partial charge in [0.1, 0.15) is 5.82 Å². The number of benzene rings is 2. The molecule has 0 aliphatic carbocycles. The van der Waals surface area contributed by atoms with E-state index < -0.39 is 0 Å². The zero-order valence-electron chi connectivity index (χ0n) is 18.4. The van der Waals surface area contributed by atoms with Crippen LogP contribution < -0.4 is 5.32 Å². The summed E-state index contributed by atoms with van der Waals surface area (Å²) >= 11 is 1.52. The van der Waals surface area contributed by atoms with E-state index in [-0.39, 0.29) is 17.8 Å². The molecule has 1 amide bonds. The van der Waals surface area contributed by atoms with Crippen LogP contribution in [-0.2, 0) is 5.75 Å². The minimum Gasteiger partial charge on any atom is -0.350 e. The lowest BCUT2D eigenvalue weighted by molar-refractivity contribution is 0.0939. The lowest BCUT2D eigenvalue weighted by Gasteiger charge is -2.12. The summed E-state index contributed by atoms with van der Waals surface area (Å²) in [5.41, 5.74) is 3.33. The average molecular weight is 462 g/mol. The number of halogens is 1. The number of hydrogen-bond acceptors (Lipinski definition) is 5. The minimum atomic E-state index is -0.302. The van der Waals surface area contributed by atoms with E-state index in [9.17, 15) is 9.18 Å². The highest BCUT2D eigenvalue weighted by molar-refractivity contribution is 7.98. The summed E-state index contributed by atoms with van der Waals surface area (Å²) in [4.78, 5) is 16.4. The van der Waals surface area contributed by atoms with Crippen LogP contribution in [0.25, 0.3) is 17.1 Å². The molecule has 0 radical (unpaired) electrons. The molecule has 0 bridgehead atoms. The normalized spacial score (nSPS) is 11.8. The van der Waals surface area contributed by atoms with Crippen molar-refractivity contribution in [1.29, 1.82) is 0 Å². The van der Waals surface area contributed by atoms with Crippen LogP contribution in [0.5, 0.6) is 0 Å². The fourth-order valence-corrected chi connectivity index (χ4v) is 4.09. The number of rotatable bonds is 8. The number of amides is 1. The van der Waals surface area contributed by atoms with Crippen LogP contribution in [0.3, 0.4) is 0 Å². The third-order valence-corrected chi connectivity index (χ3v) is 6.23. The summed E-state index contributed by atoms with van der Waals surface area (Å²) < 4.78 is 15.4. The van der Waals surface area contributed by atoms with Crippen LogP contribution in [0, 0.1) is 5.82 Å². The predicted molar refractivity (Wildman–Crippen MR) is 128 cm³/mol. The standard InChI is InChI=1S/C25H24FN5OS/c1-3-17(2)28-24(32)20-6-4-18(5-7-20)16-33-25-30-29-23(19-12-14-27-15-13-19)31(25)22-10-8-21(26)9-11-22/h4-15,17H,3,16H2,1-2H3,(H,28,32). The Balaban J connectivity index is 1.55. The van der Waals surface area contributed by atoms with Gasteiger partial charge in [0.25, 0.3) is 5.91 Å². The Morgan fingerprint density at radius 3 is 2.39 bits per heavy atom. The SMILES string of the molecule is CCC(C)NC(=O)c1ccc(CSc2nnc(-c3ccncc3)n2-c2ccc(F)cc2)cc1. The van der Waals surface area contributed by atoms with Gasteiger partial charge < -0.3 is 5.32 Å². The third kappa shape index (κ3) is 5.46. The Morgan fingerprint density at radius 2 is 1.73 bits per heavy atom. The number of nitrogens with one attached hydrogen (secondary N) is 1. The number of carbonyl (C=O) groups excluding carboxylic acids is 1. The first kappa shape index (κ1) is 22.7. The molecular weight excluding hydrogens is 437 g/mol. The van der Waals surface area contributed by atoms with Crippen molar-refractivity contribution in [2.24, 2.45) is 0 Å². The zero-order chi connectivity index (χ0) is 23.2. The molecule has 6 nitrogen and oxygen atoms in total. The second kappa shape index (κ2) is 10.4. The minimum absolute atomic E-state index is 0.0680. The van der Waals surface area contributed by atoms with Crippen LogP contribution in [0.1, 0.15) is 36.2 Å². The largest absolute Gasteiger partial charge is 0.350 e. The van der Waals surface area contributed by atoms with Crippen molar-refractivity contribution in [2.75, 3.05) is 0 Å². The van der Waals surface area contributed by atoms with Crippen LogP contribution in [0.2, 0.25) is 0 Å². The molecule has 0 aliphatic heterocycles. The van der Waals surface area contributed by atoms with Crippen molar-refractivity contribution in [2.45, 2.75) is 37.2 Å². The van der Waals surface area contributed by atoms with Crippen molar-refractivity contribution in [3.63, 3.8) is 0 Å². The molecule has 8 heteroatoms. The molecule has 168 valence electrons. The molecule has 0 fully saturated rings. The topological polar surface area (TPSA) is 72.7 Å². The van der Waals surface area contributed by atoms with E-state index in [0.29, 0.717) is 22.3 Å². The van der Waals surface area contributed by atoms with Crippen molar-refractivity contribution < 1.29 is 9.18 Å². The molecule has 0 aliphatic rings. The van der Waals surface area contributed by atoms with Gasteiger partial charge in [-0.05, 0) is 67.4 Å². The van der Waals surface area contributed by atoms with Gasteiger partial charge in [0.15, 0.2) is 11.0 Å². The molecule has 2 heterocycles. The van der Waals surface area contributed by atoms with E-state index in [0.717, 1.165) is 23.2 Å². The van der Waals surface area contributed by atoms with Crippen molar-refractivity contribution in [3.8, 4) is 17.1 Å². The molecule has 0 spiro atoms. The van der Waals surface area contributed by atoms with Crippen molar-refractivity contribution >= 4 is 17.7 Å². The highest BCUT2D eigenvalue weighted by Gasteiger charge is 2.16. The predicted octanol–water partition coefficient (Wildman–Crippen LogP) is 5.29. The van der Waals surface area contributed by atoms with Gasteiger partial charge in [0, 0.05) is 41.0 Å². The van der Waals surface area contributed by atoms with Crippen molar-refractivity contribution in [3.05, 3.63) is 90.0 Å². The summed E-state index contributed by atoms with van der Waals surface area (Å²) in [6.45, 7) is 4.02. The fraction of sp³-hybridized carbons (Fsp3) is 0.200. The molecule has 2 aromatic carbocycles. The Bertz CT molecular complexity index is 1210. The Labute approximate surface area is 196 Å². The van der Waals surface area contributed by atoms with E-state index in [2.05, 4.69) is 20.5 Å². The second-order valence-electron chi connectivity index (χ2n) is 7.62. The van der Waals surface area contributed by atoms with Gasteiger partial charge in [0.2, 0.25) is 0 Å². The highest BCUT2D eigenvalue weighted by atomic mass is 32.2.